The molecule has 0 amide bonds. The summed E-state index contributed by atoms with van der Waals surface area (Å²) in [5, 5.41) is 0. The van der Waals surface area contributed by atoms with Crippen molar-refractivity contribution in [3.05, 3.63) is 34.1 Å². The van der Waals surface area contributed by atoms with Crippen LogP contribution in [0.25, 0.3) is 0 Å². The van der Waals surface area contributed by atoms with Crippen molar-refractivity contribution in [2.24, 2.45) is 17.2 Å². The van der Waals surface area contributed by atoms with E-state index < -0.39 is 0 Å². The van der Waals surface area contributed by atoms with Crippen molar-refractivity contribution in [1.29, 1.82) is 0 Å². The van der Waals surface area contributed by atoms with E-state index in [0.29, 0.717) is 10.4 Å². The van der Waals surface area contributed by atoms with Gasteiger partial charge in [0.25, 0.3) is 0 Å². The lowest BCUT2D eigenvalue weighted by atomic mass is 9.71. The molecule has 0 heterocycles. The van der Waals surface area contributed by atoms with Crippen LogP contribution in [0.1, 0.15) is 51.5 Å². The number of nitrogens with one attached hydrogen (secondary N) is 1. The maximum Gasteiger partial charge on any atom is 0.137 e. The summed E-state index contributed by atoms with van der Waals surface area (Å²) in [6.07, 6.45) is 7.10. The van der Waals surface area contributed by atoms with E-state index in [-0.39, 0.29) is 17.3 Å². The van der Waals surface area contributed by atoms with E-state index in [0.717, 1.165) is 12.0 Å². The lowest BCUT2D eigenvalue weighted by molar-refractivity contribution is 0.154. The zero-order valence-corrected chi connectivity index (χ0v) is 14.5. The van der Waals surface area contributed by atoms with Gasteiger partial charge in [-0.1, -0.05) is 32.8 Å². The zero-order valence-electron chi connectivity index (χ0n) is 13.0. The molecule has 1 aliphatic rings. The highest BCUT2D eigenvalue weighted by molar-refractivity contribution is 9.10. The quantitative estimate of drug-likeness (QED) is 0.578. The van der Waals surface area contributed by atoms with E-state index in [1.807, 2.05) is 12.1 Å². The number of nitrogens with two attached hydrogens (primary N) is 1. The molecular formula is C17H26BrFN2. The highest BCUT2D eigenvalue weighted by Gasteiger charge is 2.41. The number of hydrazine groups is 1. The van der Waals surface area contributed by atoms with E-state index in [1.54, 1.807) is 0 Å². The summed E-state index contributed by atoms with van der Waals surface area (Å²) in [4.78, 5) is 0. The summed E-state index contributed by atoms with van der Waals surface area (Å²) in [6, 6.07) is 5.51. The average molecular weight is 357 g/mol. The average Bonchev–Trinajstić information content (AvgIpc) is 2.88. The molecule has 1 unspecified atom stereocenters. The van der Waals surface area contributed by atoms with Gasteiger partial charge in [-0.2, -0.15) is 0 Å². The molecule has 4 heteroatoms. The molecule has 21 heavy (non-hydrogen) atoms. The Morgan fingerprint density at radius 2 is 2.00 bits per heavy atom. The van der Waals surface area contributed by atoms with E-state index in [2.05, 4.69) is 35.2 Å². The Kier molecular flexibility index (Phi) is 5.81. The Bertz CT molecular complexity index is 470. The van der Waals surface area contributed by atoms with Crippen LogP contribution in [0, 0.1) is 17.2 Å². The fraction of sp³-hybridized carbons (Fsp3) is 0.647. The predicted molar refractivity (Wildman–Crippen MR) is 89.3 cm³/mol. The second-order valence-electron chi connectivity index (χ2n) is 6.84. The largest absolute Gasteiger partial charge is 0.271 e. The predicted octanol–water partition coefficient (Wildman–Crippen LogP) is 4.57. The molecule has 1 fully saturated rings. The molecule has 0 spiro atoms. The fourth-order valence-electron chi connectivity index (χ4n) is 3.94. The standard InChI is InChI=1S/C17H26BrFN2/c1-12(2)11-17(7-3-4-8-17)16(21-20)10-13-5-6-15(19)14(18)9-13/h5-6,9,12,16,21H,3-4,7-8,10-11,20H2,1-2H3. The van der Waals surface area contributed by atoms with Crippen molar-refractivity contribution in [2.45, 2.75) is 58.4 Å². The Balaban J connectivity index is 2.18. The van der Waals surface area contributed by atoms with Crippen LogP contribution in [0.2, 0.25) is 0 Å². The van der Waals surface area contributed by atoms with Crippen LogP contribution in [0.4, 0.5) is 4.39 Å². The second kappa shape index (κ2) is 7.21. The molecule has 1 aromatic rings. The molecule has 2 nitrogen and oxygen atoms in total. The van der Waals surface area contributed by atoms with Crippen molar-refractivity contribution in [3.63, 3.8) is 0 Å². The van der Waals surface area contributed by atoms with Gasteiger partial charge in [-0.3, -0.25) is 11.3 Å². The number of hydrogen-bond donors (Lipinski definition) is 2. The molecule has 1 aromatic carbocycles. The Morgan fingerprint density at radius 3 is 2.52 bits per heavy atom. The number of rotatable bonds is 6. The first-order valence-corrected chi connectivity index (χ1v) is 8.66. The second-order valence-corrected chi connectivity index (χ2v) is 7.69. The summed E-state index contributed by atoms with van der Waals surface area (Å²) >= 11 is 3.27. The minimum Gasteiger partial charge on any atom is -0.271 e. The minimum absolute atomic E-state index is 0.214. The summed E-state index contributed by atoms with van der Waals surface area (Å²) in [5.74, 6) is 6.35. The third kappa shape index (κ3) is 4.05. The molecule has 2 rings (SSSR count). The smallest absolute Gasteiger partial charge is 0.137 e. The van der Waals surface area contributed by atoms with E-state index in [9.17, 15) is 4.39 Å². The molecule has 1 atom stereocenters. The van der Waals surface area contributed by atoms with Gasteiger partial charge in [-0.15, -0.1) is 0 Å². The van der Waals surface area contributed by atoms with Crippen molar-refractivity contribution in [2.75, 3.05) is 0 Å². The van der Waals surface area contributed by atoms with Gasteiger partial charge in [-0.25, -0.2) is 4.39 Å². The third-order valence-electron chi connectivity index (χ3n) is 4.78. The van der Waals surface area contributed by atoms with Crippen LogP contribution < -0.4 is 11.3 Å². The van der Waals surface area contributed by atoms with Crippen LogP contribution in [-0.2, 0) is 6.42 Å². The van der Waals surface area contributed by atoms with Gasteiger partial charge in [0.05, 0.1) is 4.47 Å². The Hall–Kier alpha value is -0.450. The van der Waals surface area contributed by atoms with Gasteiger partial charge in [0, 0.05) is 6.04 Å². The molecule has 0 bridgehead atoms. The van der Waals surface area contributed by atoms with Gasteiger partial charge >= 0.3 is 0 Å². The topological polar surface area (TPSA) is 38.0 Å². The lowest BCUT2D eigenvalue weighted by Crippen LogP contribution is -2.49. The van der Waals surface area contributed by atoms with E-state index in [4.69, 9.17) is 5.84 Å². The van der Waals surface area contributed by atoms with Gasteiger partial charge in [0.2, 0.25) is 0 Å². The van der Waals surface area contributed by atoms with Crippen LogP contribution in [0.15, 0.2) is 22.7 Å². The molecule has 1 aliphatic carbocycles. The lowest BCUT2D eigenvalue weighted by Gasteiger charge is -2.39. The van der Waals surface area contributed by atoms with Crippen molar-refractivity contribution < 1.29 is 4.39 Å². The van der Waals surface area contributed by atoms with Crippen molar-refractivity contribution in [3.8, 4) is 0 Å². The monoisotopic (exact) mass is 356 g/mol. The molecular weight excluding hydrogens is 331 g/mol. The fourth-order valence-corrected chi connectivity index (χ4v) is 4.37. The first-order valence-electron chi connectivity index (χ1n) is 7.87. The first kappa shape index (κ1) is 16.9. The number of hydrogen-bond acceptors (Lipinski definition) is 2. The maximum absolute atomic E-state index is 13.4. The van der Waals surface area contributed by atoms with E-state index >= 15 is 0 Å². The molecule has 0 saturated heterocycles. The van der Waals surface area contributed by atoms with E-state index in [1.165, 1.54) is 38.2 Å². The van der Waals surface area contributed by atoms with Gasteiger partial charge < -0.3 is 0 Å². The van der Waals surface area contributed by atoms with Gasteiger partial charge in [0.1, 0.15) is 5.82 Å². The van der Waals surface area contributed by atoms with Gasteiger partial charge in [-0.05, 0) is 70.6 Å². The van der Waals surface area contributed by atoms with Crippen LogP contribution >= 0.6 is 15.9 Å². The molecule has 1 saturated carbocycles. The van der Waals surface area contributed by atoms with Crippen LogP contribution in [-0.4, -0.2) is 6.04 Å². The molecule has 0 aromatic heterocycles. The summed E-state index contributed by atoms with van der Waals surface area (Å²) in [7, 11) is 0. The molecule has 0 aliphatic heterocycles. The maximum atomic E-state index is 13.4. The van der Waals surface area contributed by atoms with Crippen LogP contribution in [0.5, 0.6) is 0 Å². The number of benzene rings is 1. The number of halogens is 2. The minimum atomic E-state index is -0.214. The van der Waals surface area contributed by atoms with Gasteiger partial charge in [0.15, 0.2) is 0 Å². The molecule has 118 valence electrons. The first-order chi connectivity index (χ1) is 9.97. The Labute approximate surface area is 135 Å². The van der Waals surface area contributed by atoms with Crippen LogP contribution in [0.3, 0.4) is 0 Å². The SMILES string of the molecule is CC(C)CC1(C(Cc2ccc(F)c(Br)c2)NN)CCCC1. The normalized spacial score (nSPS) is 19.1. The van der Waals surface area contributed by atoms with Crippen molar-refractivity contribution >= 4 is 15.9 Å². The Morgan fingerprint density at radius 1 is 1.33 bits per heavy atom. The third-order valence-corrected chi connectivity index (χ3v) is 5.39. The summed E-state index contributed by atoms with van der Waals surface area (Å²) < 4.78 is 13.9. The molecule has 0 radical (unpaired) electrons. The van der Waals surface area contributed by atoms with Crippen molar-refractivity contribution in [1.82, 2.24) is 5.43 Å². The summed E-state index contributed by atoms with van der Waals surface area (Å²) in [6.45, 7) is 4.56. The zero-order chi connectivity index (χ0) is 15.5. The highest BCUT2D eigenvalue weighted by Crippen LogP contribution is 2.46. The molecule has 3 N–H and O–H groups in total. The highest BCUT2D eigenvalue weighted by atomic mass is 79.9. The summed E-state index contributed by atoms with van der Waals surface area (Å²) in [5.41, 5.74) is 4.47.